The van der Waals surface area contributed by atoms with Gasteiger partial charge >= 0.3 is 0 Å². The fourth-order valence-corrected chi connectivity index (χ4v) is 4.68. The number of pyridine rings is 1. The number of hydrogen-bond donors (Lipinski definition) is 0. The molecule has 1 atom stereocenters. The van der Waals surface area contributed by atoms with Crippen LogP contribution in [0.2, 0.25) is 0 Å². The van der Waals surface area contributed by atoms with Gasteiger partial charge in [0.2, 0.25) is 10.0 Å². The molecule has 150 valence electrons. The lowest BCUT2D eigenvalue weighted by Gasteiger charge is -2.37. The quantitative estimate of drug-likeness (QED) is 0.758. The topological polar surface area (TPSA) is 82.5 Å². The van der Waals surface area contributed by atoms with Crippen LogP contribution in [0.5, 0.6) is 0 Å². The SMILES string of the molecule is CC1c2cncnc2CCN1c1cc(F)cc(N2CCN(S(C)(=O)=O)CC2)n1. The highest BCUT2D eigenvalue weighted by molar-refractivity contribution is 7.88. The van der Waals surface area contributed by atoms with Gasteiger partial charge < -0.3 is 9.80 Å². The molecule has 0 spiro atoms. The summed E-state index contributed by atoms with van der Waals surface area (Å²) in [5, 5.41) is 0. The average molecular weight is 406 g/mol. The van der Waals surface area contributed by atoms with Crippen LogP contribution in [0, 0.1) is 5.82 Å². The number of anilines is 2. The van der Waals surface area contributed by atoms with Crippen LogP contribution in [0.3, 0.4) is 0 Å². The van der Waals surface area contributed by atoms with Crippen LogP contribution in [-0.4, -0.2) is 66.7 Å². The van der Waals surface area contributed by atoms with E-state index < -0.39 is 10.0 Å². The van der Waals surface area contributed by atoms with Crippen molar-refractivity contribution in [3.63, 3.8) is 0 Å². The van der Waals surface area contributed by atoms with Crippen LogP contribution >= 0.6 is 0 Å². The molecule has 4 rings (SSSR count). The summed E-state index contributed by atoms with van der Waals surface area (Å²) >= 11 is 0. The summed E-state index contributed by atoms with van der Waals surface area (Å²) in [7, 11) is -3.21. The minimum absolute atomic E-state index is 0.00539. The Kier molecular flexibility index (Phi) is 4.92. The summed E-state index contributed by atoms with van der Waals surface area (Å²) < 4.78 is 39.2. The van der Waals surface area contributed by atoms with Crippen molar-refractivity contribution >= 4 is 21.7 Å². The van der Waals surface area contributed by atoms with E-state index in [0.717, 1.165) is 17.7 Å². The monoisotopic (exact) mass is 406 g/mol. The molecule has 1 saturated heterocycles. The van der Waals surface area contributed by atoms with Crippen molar-refractivity contribution in [2.24, 2.45) is 0 Å². The summed E-state index contributed by atoms with van der Waals surface area (Å²) in [6.07, 6.45) is 5.32. The lowest BCUT2D eigenvalue weighted by molar-refractivity contribution is 0.386. The normalized spacial score (nSPS) is 20.9. The molecule has 28 heavy (non-hydrogen) atoms. The maximum Gasteiger partial charge on any atom is 0.211 e. The number of rotatable bonds is 3. The van der Waals surface area contributed by atoms with E-state index in [2.05, 4.69) is 14.9 Å². The summed E-state index contributed by atoms with van der Waals surface area (Å²) in [4.78, 5) is 17.1. The zero-order valence-corrected chi connectivity index (χ0v) is 16.7. The van der Waals surface area contributed by atoms with Gasteiger partial charge in [-0.25, -0.2) is 27.8 Å². The summed E-state index contributed by atoms with van der Waals surface area (Å²) in [6, 6.07) is 2.85. The Hall–Kier alpha value is -2.33. The Labute approximate surface area is 164 Å². The Morgan fingerprint density at radius 3 is 2.54 bits per heavy atom. The molecule has 10 heteroatoms. The lowest BCUT2D eigenvalue weighted by Crippen LogP contribution is -2.48. The number of sulfonamides is 1. The third-order valence-electron chi connectivity index (χ3n) is 5.42. The molecule has 2 aliphatic rings. The molecule has 0 aliphatic carbocycles. The van der Waals surface area contributed by atoms with Crippen LogP contribution in [0.1, 0.15) is 24.2 Å². The van der Waals surface area contributed by atoms with Gasteiger partial charge in [-0.2, -0.15) is 4.31 Å². The second-order valence-corrected chi connectivity index (χ2v) is 9.18. The Morgan fingerprint density at radius 1 is 1.11 bits per heavy atom. The zero-order valence-electron chi connectivity index (χ0n) is 15.9. The number of hydrogen-bond acceptors (Lipinski definition) is 7. The summed E-state index contributed by atoms with van der Waals surface area (Å²) in [5.74, 6) is 0.751. The second kappa shape index (κ2) is 7.25. The Bertz CT molecular complexity index is 978. The van der Waals surface area contributed by atoms with Gasteiger partial charge in [0.05, 0.1) is 18.0 Å². The first-order valence-corrected chi connectivity index (χ1v) is 11.1. The number of halogens is 1. The van der Waals surface area contributed by atoms with Crippen molar-refractivity contribution in [2.75, 3.05) is 48.8 Å². The van der Waals surface area contributed by atoms with Crippen LogP contribution in [-0.2, 0) is 16.4 Å². The Morgan fingerprint density at radius 2 is 1.82 bits per heavy atom. The van der Waals surface area contributed by atoms with Crippen molar-refractivity contribution in [1.29, 1.82) is 0 Å². The highest BCUT2D eigenvalue weighted by Crippen LogP contribution is 2.32. The van der Waals surface area contributed by atoms with Gasteiger partial charge in [-0.3, -0.25) is 0 Å². The molecule has 4 heterocycles. The van der Waals surface area contributed by atoms with E-state index in [0.29, 0.717) is 44.4 Å². The fraction of sp³-hybridized carbons (Fsp3) is 0.500. The molecule has 0 radical (unpaired) electrons. The first-order valence-electron chi connectivity index (χ1n) is 9.26. The van der Waals surface area contributed by atoms with E-state index in [-0.39, 0.29) is 11.9 Å². The third-order valence-corrected chi connectivity index (χ3v) is 6.73. The van der Waals surface area contributed by atoms with Gasteiger partial charge in [-0.1, -0.05) is 0 Å². The molecule has 8 nitrogen and oxygen atoms in total. The molecule has 2 aromatic heterocycles. The molecule has 0 saturated carbocycles. The van der Waals surface area contributed by atoms with Crippen LogP contribution in [0.25, 0.3) is 0 Å². The molecule has 2 aromatic rings. The van der Waals surface area contributed by atoms with Gasteiger partial charge in [0.15, 0.2) is 0 Å². The van der Waals surface area contributed by atoms with Gasteiger partial charge in [0, 0.05) is 63.0 Å². The number of fused-ring (bicyclic) bond motifs is 1. The zero-order chi connectivity index (χ0) is 19.9. The molecule has 2 aliphatic heterocycles. The smallest absolute Gasteiger partial charge is 0.211 e. The maximum absolute atomic E-state index is 14.4. The largest absolute Gasteiger partial charge is 0.354 e. The molecule has 0 bridgehead atoms. The van der Waals surface area contributed by atoms with Crippen LogP contribution in [0.15, 0.2) is 24.7 Å². The predicted octanol–water partition coefficient (Wildman–Crippen LogP) is 1.22. The molecule has 0 amide bonds. The molecule has 1 unspecified atom stereocenters. The molecule has 0 N–H and O–H groups in total. The summed E-state index contributed by atoms with van der Waals surface area (Å²) in [6.45, 7) is 4.44. The minimum atomic E-state index is -3.21. The van der Waals surface area contributed by atoms with E-state index >= 15 is 0 Å². The predicted molar refractivity (Wildman–Crippen MR) is 104 cm³/mol. The molecular weight excluding hydrogens is 383 g/mol. The number of piperazine rings is 1. The highest BCUT2D eigenvalue weighted by Gasteiger charge is 2.28. The Balaban J connectivity index is 1.57. The van der Waals surface area contributed by atoms with Crippen molar-refractivity contribution in [2.45, 2.75) is 19.4 Å². The van der Waals surface area contributed by atoms with E-state index in [9.17, 15) is 12.8 Å². The highest BCUT2D eigenvalue weighted by atomic mass is 32.2. The van der Waals surface area contributed by atoms with Crippen molar-refractivity contribution in [3.05, 3.63) is 41.7 Å². The first kappa shape index (κ1) is 19.0. The molecule has 0 aromatic carbocycles. The van der Waals surface area contributed by atoms with Crippen LogP contribution < -0.4 is 9.80 Å². The third kappa shape index (κ3) is 3.66. The van der Waals surface area contributed by atoms with E-state index in [1.165, 1.54) is 22.7 Å². The molecule has 1 fully saturated rings. The van der Waals surface area contributed by atoms with E-state index in [4.69, 9.17) is 4.98 Å². The lowest BCUT2D eigenvalue weighted by atomic mass is 10.00. The second-order valence-electron chi connectivity index (χ2n) is 7.19. The summed E-state index contributed by atoms with van der Waals surface area (Å²) in [5.41, 5.74) is 2.05. The van der Waals surface area contributed by atoms with E-state index in [1.54, 1.807) is 6.33 Å². The van der Waals surface area contributed by atoms with Gasteiger partial charge in [0.1, 0.15) is 23.8 Å². The maximum atomic E-state index is 14.4. The number of aromatic nitrogens is 3. The van der Waals surface area contributed by atoms with Gasteiger partial charge in [-0.15, -0.1) is 0 Å². The average Bonchev–Trinajstić information content (AvgIpc) is 2.67. The van der Waals surface area contributed by atoms with Gasteiger partial charge in [-0.05, 0) is 6.92 Å². The first-order chi connectivity index (χ1) is 13.3. The fourth-order valence-electron chi connectivity index (χ4n) is 3.85. The van der Waals surface area contributed by atoms with Crippen molar-refractivity contribution in [1.82, 2.24) is 19.3 Å². The van der Waals surface area contributed by atoms with Crippen LogP contribution in [0.4, 0.5) is 16.0 Å². The van der Waals surface area contributed by atoms with Crippen molar-refractivity contribution in [3.8, 4) is 0 Å². The minimum Gasteiger partial charge on any atom is -0.354 e. The van der Waals surface area contributed by atoms with Gasteiger partial charge in [0.25, 0.3) is 0 Å². The van der Waals surface area contributed by atoms with Crippen molar-refractivity contribution < 1.29 is 12.8 Å². The number of nitrogens with zero attached hydrogens (tertiary/aromatic N) is 6. The molecular formula is C18H23FN6O2S. The van der Waals surface area contributed by atoms with E-state index in [1.807, 2.05) is 18.0 Å². The standard InChI is InChI=1S/C18H23FN6O2S/c1-13-15-11-20-12-21-16(15)3-4-25(13)18-10-14(19)9-17(22-18)23-5-7-24(8-6-23)28(2,26)27/h9-13H,3-8H2,1-2H3.